The van der Waals surface area contributed by atoms with Crippen LogP contribution in [0.5, 0.6) is 0 Å². The molecule has 1 aliphatic heterocycles. The number of amides is 1. The lowest BCUT2D eigenvalue weighted by atomic mass is 9.88. The van der Waals surface area contributed by atoms with Gasteiger partial charge in [0.25, 0.3) is 5.91 Å². The Bertz CT molecular complexity index is 520. The lowest BCUT2D eigenvalue weighted by Gasteiger charge is -2.24. The van der Waals surface area contributed by atoms with E-state index in [2.05, 4.69) is 5.32 Å². The van der Waals surface area contributed by atoms with Gasteiger partial charge in [0.15, 0.2) is 0 Å². The number of halogens is 3. The van der Waals surface area contributed by atoms with Gasteiger partial charge in [-0.05, 0) is 55.6 Å². The molecule has 1 N–H and O–H groups in total. The first-order valence-corrected chi connectivity index (χ1v) is 6.93. The molecule has 1 aliphatic rings. The van der Waals surface area contributed by atoms with Crippen LogP contribution < -0.4 is 5.32 Å². The summed E-state index contributed by atoms with van der Waals surface area (Å²) in [6.07, 6.45) is -2.86. The summed E-state index contributed by atoms with van der Waals surface area (Å²) in [6.45, 7) is 1.58. The molecular formula is C15H19F3N2O. The second-order valence-electron chi connectivity index (χ2n) is 5.57. The first kappa shape index (κ1) is 15.8. The Balaban J connectivity index is 2.44. The quantitative estimate of drug-likeness (QED) is 0.911. The predicted molar refractivity (Wildman–Crippen MR) is 74.3 cm³/mol. The lowest BCUT2D eigenvalue weighted by molar-refractivity contribution is -0.137. The third-order valence-electron chi connectivity index (χ3n) is 3.75. The number of carbonyl (C=O) groups excluding carboxylic acids is 1. The maximum Gasteiger partial charge on any atom is 0.416 e. The lowest BCUT2D eigenvalue weighted by Crippen LogP contribution is -2.27. The second kappa shape index (κ2) is 6.05. The van der Waals surface area contributed by atoms with Gasteiger partial charge in [0.2, 0.25) is 0 Å². The predicted octanol–water partition coefficient (Wildman–Crippen LogP) is 2.87. The molecule has 0 bridgehead atoms. The zero-order valence-electron chi connectivity index (χ0n) is 12.1. The van der Waals surface area contributed by atoms with E-state index in [4.69, 9.17) is 0 Å². The highest BCUT2D eigenvalue weighted by Gasteiger charge is 2.32. The fourth-order valence-corrected chi connectivity index (χ4v) is 2.59. The number of nitrogens with zero attached hydrogens (tertiary/aromatic N) is 1. The van der Waals surface area contributed by atoms with Crippen LogP contribution in [0, 0.1) is 0 Å². The van der Waals surface area contributed by atoms with Crippen LogP contribution in [0.4, 0.5) is 13.2 Å². The summed E-state index contributed by atoms with van der Waals surface area (Å²) < 4.78 is 39.1. The van der Waals surface area contributed by atoms with Crippen molar-refractivity contribution in [2.75, 3.05) is 27.2 Å². The standard InChI is InChI=1S/C15H19F3N2O/c1-20(2)14(21)12-7-11(10-3-5-19-6-4-10)8-13(9-12)15(16,17)18/h7-10,19H,3-6H2,1-2H3. The Hall–Kier alpha value is -1.56. The van der Waals surface area contributed by atoms with Crippen LogP contribution in [0.2, 0.25) is 0 Å². The zero-order valence-corrected chi connectivity index (χ0v) is 12.1. The van der Waals surface area contributed by atoms with Gasteiger partial charge in [-0.2, -0.15) is 13.2 Å². The van der Waals surface area contributed by atoms with Crippen LogP contribution in [-0.2, 0) is 6.18 Å². The van der Waals surface area contributed by atoms with Crippen molar-refractivity contribution in [1.82, 2.24) is 10.2 Å². The van der Waals surface area contributed by atoms with E-state index in [9.17, 15) is 18.0 Å². The average Bonchev–Trinajstić information content (AvgIpc) is 2.46. The number of hydrogen-bond donors (Lipinski definition) is 1. The third-order valence-corrected chi connectivity index (χ3v) is 3.75. The molecule has 1 heterocycles. The van der Waals surface area contributed by atoms with Crippen LogP contribution in [0.1, 0.15) is 40.2 Å². The largest absolute Gasteiger partial charge is 0.416 e. The van der Waals surface area contributed by atoms with Gasteiger partial charge in [-0.15, -0.1) is 0 Å². The van der Waals surface area contributed by atoms with Crippen LogP contribution in [-0.4, -0.2) is 38.0 Å². The summed E-state index contributed by atoms with van der Waals surface area (Å²) in [7, 11) is 3.07. The summed E-state index contributed by atoms with van der Waals surface area (Å²) >= 11 is 0. The van der Waals surface area contributed by atoms with Crippen molar-refractivity contribution in [3.05, 3.63) is 34.9 Å². The molecule has 6 heteroatoms. The van der Waals surface area contributed by atoms with E-state index >= 15 is 0 Å². The number of rotatable bonds is 2. The van der Waals surface area contributed by atoms with Gasteiger partial charge in [0.05, 0.1) is 5.56 Å². The molecule has 1 saturated heterocycles. The fourth-order valence-electron chi connectivity index (χ4n) is 2.59. The molecule has 1 amide bonds. The summed E-state index contributed by atoms with van der Waals surface area (Å²) in [6, 6.07) is 3.73. The van der Waals surface area contributed by atoms with Gasteiger partial charge < -0.3 is 10.2 Å². The Morgan fingerprint density at radius 3 is 2.33 bits per heavy atom. The summed E-state index contributed by atoms with van der Waals surface area (Å²) in [5.41, 5.74) is -0.0383. The Morgan fingerprint density at radius 2 is 1.81 bits per heavy atom. The van der Waals surface area contributed by atoms with Gasteiger partial charge >= 0.3 is 6.18 Å². The number of piperidine rings is 1. The highest BCUT2D eigenvalue weighted by atomic mass is 19.4. The zero-order chi connectivity index (χ0) is 15.6. The molecule has 21 heavy (non-hydrogen) atoms. The average molecular weight is 300 g/mol. The second-order valence-corrected chi connectivity index (χ2v) is 5.57. The van der Waals surface area contributed by atoms with E-state index in [0.29, 0.717) is 5.56 Å². The molecule has 1 fully saturated rings. The molecule has 3 nitrogen and oxygen atoms in total. The van der Waals surface area contributed by atoms with Crippen molar-refractivity contribution in [1.29, 1.82) is 0 Å². The van der Waals surface area contributed by atoms with Gasteiger partial charge in [-0.3, -0.25) is 4.79 Å². The highest BCUT2D eigenvalue weighted by molar-refractivity contribution is 5.94. The van der Waals surface area contributed by atoms with Crippen molar-refractivity contribution < 1.29 is 18.0 Å². The molecule has 0 saturated carbocycles. The van der Waals surface area contributed by atoms with Gasteiger partial charge in [-0.1, -0.05) is 0 Å². The van der Waals surface area contributed by atoms with E-state index in [1.54, 1.807) is 6.07 Å². The summed E-state index contributed by atoms with van der Waals surface area (Å²) in [5, 5.41) is 3.19. The molecule has 0 aliphatic carbocycles. The van der Waals surface area contributed by atoms with E-state index in [0.717, 1.165) is 32.0 Å². The van der Waals surface area contributed by atoms with Crippen molar-refractivity contribution in [3.8, 4) is 0 Å². The van der Waals surface area contributed by atoms with E-state index < -0.39 is 17.6 Å². The fraction of sp³-hybridized carbons (Fsp3) is 0.533. The van der Waals surface area contributed by atoms with Gasteiger partial charge in [0.1, 0.15) is 0 Å². The van der Waals surface area contributed by atoms with E-state index in [1.165, 1.54) is 25.1 Å². The maximum absolute atomic E-state index is 13.0. The Morgan fingerprint density at radius 1 is 1.19 bits per heavy atom. The monoisotopic (exact) mass is 300 g/mol. The Kier molecular flexibility index (Phi) is 4.56. The first-order chi connectivity index (χ1) is 9.79. The number of carbonyl (C=O) groups is 1. The molecule has 1 aromatic rings. The molecule has 1 aromatic carbocycles. The number of alkyl halides is 3. The molecule has 0 aromatic heterocycles. The minimum Gasteiger partial charge on any atom is -0.345 e. The normalized spacial score (nSPS) is 16.8. The Labute approximate surface area is 122 Å². The van der Waals surface area contributed by atoms with Crippen molar-refractivity contribution in [2.45, 2.75) is 24.9 Å². The summed E-state index contributed by atoms with van der Waals surface area (Å²) in [5.74, 6) is -0.335. The molecule has 0 unspecified atom stereocenters. The van der Waals surface area contributed by atoms with Gasteiger partial charge in [0, 0.05) is 19.7 Å². The van der Waals surface area contributed by atoms with Crippen LogP contribution in [0.25, 0.3) is 0 Å². The molecule has 2 rings (SSSR count). The van der Waals surface area contributed by atoms with E-state index in [1.807, 2.05) is 0 Å². The molecule has 0 spiro atoms. The maximum atomic E-state index is 13.0. The molecular weight excluding hydrogens is 281 g/mol. The molecule has 0 radical (unpaired) electrons. The topological polar surface area (TPSA) is 32.3 Å². The number of benzene rings is 1. The minimum absolute atomic E-state index is 0.0715. The SMILES string of the molecule is CN(C)C(=O)c1cc(C2CCNCC2)cc(C(F)(F)F)c1. The highest BCUT2D eigenvalue weighted by Crippen LogP contribution is 2.34. The number of nitrogens with one attached hydrogen (secondary N) is 1. The van der Waals surface area contributed by atoms with Crippen LogP contribution >= 0.6 is 0 Å². The summed E-state index contributed by atoms with van der Waals surface area (Å²) in [4.78, 5) is 13.3. The van der Waals surface area contributed by atoms with Crippen molar-refractivity contribution >= 4 is 5.91 Å². The third kappa shape index (κ3) is 3.75. The van der Waals surface area contributed by atoms with Gasteiger partial charge in [-0.25, -0.2) is 0 Å². The molecule has 0 atom stereocenters. The van der Waals surface area contributed by atoms with Crippen molar-refractivity contribution in [3.63, 3.8) is 0 Å². The molecule has 116 valence electrons. The minimum atomic E-state index is -4.44. The smallest absolute Gasteiger partial charge is 0.345 e. The number of hydrogen-bond acceptors (Lipinski definition) is 2. The first-order valence-electron chi connectivity index (χ1n) is 6.93. The van der Waals surface area contributed by atoms with Crippen LogP contribution in [0.3, 0.4) is 0 Å². The van der Waals surface area contributed by atoms with Crippen LogP contribution in [0.15, 0.2) is 18.2 Å². The van der Waals surface area contributed by atoms with Crippen molar-refractivity contribution in [2.24, 2.45) is 0 Å². The van der Waals surface area contributed by atoms with E-state index in [-0.39, 0.29) is 11.5 Å².